The minimum atomic E-state index is -0.561. The first-order chi connectivity index (χ1) is 18.9. The number of aryl methyl sites for hydroxylation is 2. The Balaban J connectivity index is 1.25. The van der Waals surface area contributed by atoms with E-state index in [-0.39, 0.29) is 17.2 Å². The summed E-state index contributed by atoms with van der Waals surface area (Å²) in [4.78, 5) is 28.3. The molecule has 1 saturated heterocycles. The molecule has 3 aromatic rings. The van der Waals surface area contributed by atoms with Gasteiger partial charge in [-0.1, -0.05) is 24.6 Å². The molecule has 39 heavy (non-hydrogen) atoms. The zero-order valence-corrected chi connectivity index (χ0v) is 23.1. The van der Waals surface area contributed by atoms with Crippen molar-refractivity contribution in [3.63, 3.8) is 0 Å². The lowest BCUT2D eigenvalue weighted by Crippen LogP contribution is -2.49. The van der Waals surface area contributed by atoms with Crippen molar-refractivity contribution in [2.75, 3.05) is 26.7 Å². The summed E-state index contributed by atoms with van der Waals surface area (Å²) >= 11 is 0. The smallest absolute Gasteiger partial charge is 0.272 e. The first-order valence-corrected chi connectivity index (χ1v) is 13.9. The molecular weight excluding hydrogens is 492 g/mol. The number of para-hydroxylation sites is 1. The van der Waals surface area contributed by atoms with Crippen LogP contribution < -0.4 is 14.8 Å². The number of hydrogen-bond donors (Lipinski definition) is 1. The van der Waals surface area contributed by atoms with Gasteiger partial charge in [0.15, 0.2) is 6.10 Å². The fourth-order valence-electron chi connectivity index (χ4n) is 5.73. The number of ether oxygens (including phenoxy) is 2. The van der Waals surface area contributed by atoms with Crippen molar-refractivity contribution >= 4 is 11.8 Å². The number of nitrogens with zero attached hydrogens (tertiary/aromatic N) is 3. The van der Waals surface area contributed by atoms with E-state index in [1.165, 1.54) is 0 Å². The van der Waals surface area contributed by atoms with Gasteiger partial charge in [0, 0.05) is 32.2 Å². The van der Waals surface area contributed by atoms with Crippen LogP contribution in [0.15, 0.2) is 54.6 Å². The lowest BCUT2D eigenvalue weighted by Gasteiger charge is -2.42. The maximum Gasteiger partial charge on any atom is 0.272 e. The molecule has 8 heteroatoms. The van der Waals surface area contributed by atoms with Gasteiger partial charge in [0.1, 0.15) is 17.2 Å². The molecule has 0 aliphatic carbocycles. The van der Waals surface area contributed by atoms with Gasteiger partial charge in [-0.2, -0.15) is 5.10 Å². The van der Waals surface area contributed by atoms with Gasteiger partial charge in [0.2, 0.25) is 0 Å². The lowest BCUT2D eigenvalue weighted by atomic mass is 9.74. The van der Waals surface area contributed by atoms with E-state index >= 15 is 0 Å². The monoisotopic (exact) mass is 530 g/mol. The zero-order valence-electron chi connectivity index (χ0n) is 23.1. The zero-order chi connectivity index (χ0) is 27.4. The third-order valence-corrected chi connectivity index (χ3v) is 8.28. The Morgan fingerprint density at radius 1 is 1.08 bits per heavy atom. The lowest BCUT2D eigenvalue weighted by molar-refractivity contribution is -0.128. The molecule has 0 bridgehead atoms. The number of fused-ring (bicyclic) bond motifs is 1. The van der Waals surface area contributed by atoms with Gasteiger partial charge < -0.3 is 19.7 Å². The molecule has 206 valence electrons. The molecule has 2 aliphatic heterocycles. The Bertz CT molecular complexity index is 1310. The molecule has 1 aromatic heterocycles. The average molecular weight is 531 g/mol. The fourth-order valence-corrected chi connectivity index (χ4v) is 5.73. The first-order valence-electron chi connectivity index (χ1n) is 13.9. The van der Waals surface area contributed by atoms with Crippen LogP contribution in [0.3, 0.4) is 0 Å². The maximum absolute atomic E-state index is 13.5. The summed E-state index contributed by atoms with van der Waals surface area (Å²) < 4.78 is 12.9. The van der Waals surface area contributed by atoms with Crippen LogP contribution in [0, 0.1) is 5.41 Å². The molecule has 3 heterocycles. The number of rotatable bonds is 3. The summed E-state index contributed by atoms with van der Waals surface area (Å²) in [6.45, 7) is 3.73. The van der Waals surface area contributed by atoms with Crippen molar-refractivity contribution < 1.29 is 19.1 Å². The minimum absolute atomic E-state index is 0.00423. The highest BCUT2D eigenvalue weighted by Crippen LogP contribution is 2.37. The predicted molar refractivity (Wildman–Crippen MR) is 150 cm³/mol. The molecule has 2 amide bonds. The minimum Gasteiger partial charge on any atom is -0.497 e. The van der Waals surface area contributed by atoms with Gasteiger partial charge in [-0.15, -0.1) is 0 Å². The number of hydrogen-bond acceptors (Lipinski definition) is 5. The molecule has 1 fully saturated rings. The Labute approximate surface area is 230 Å². The number of benzene rings is 2. The highest BCUT2D eigenvalue weighted by Gasteiger charge is 2.37. The predicted octanol–water partition coefficient (Wildman–Crippen LogP) is 4.63. The van der Waals surface area contributed by atoms with Crippen molar-refractivity contribution in [2.45, 2.75) is 51.6 Å². The number of carbonyl (C=O) groups is 2. The number of carbonyl (C=O) groups excluding carboxylic acids is 2. The van der Waals surface area contributed by atoms with Crippen LogP contribution in [0.5, 0.6) is 11.5 Å². The Morgan fingerprint density at radius 3 is 2.56 bits per heavy atom. The summed E-state index contributed by atoms with van der Waals surface area (Å²) in [7, 11) is 3.45. The van der Waals surface area contributed by atoms with E-state index in [0.717, 1.165) is 66.8 Å². The second kappa shape index (κ2) is 11.5. The SMILES string of the molecule is COc1ccc(-c2cc(C(=O)N3CCC4(CCCCc5ccccc5O[C@H](C)C(=O)NC4)CC3)n(C)n2)cc1. The standard InChI is InChI=1S/C31H38N4O4/c1-22-29(36)32-21-31(15-7-6-9-24-8-4-5-10-28(24)39-22)16-18-35(19-17-31)30(37)27-20-26(33-34(27)2)23-11-13-25(38-3)14-12-23/h4-5,8,10-14,20,22H,6-7,9,15-19,21H2,1-3H3,(H,32,36)/t22-/m1/s1. The molecule has 1 N–H and O–H groups in total. The van der Waals surface area contributed by atoms with Crippen LogP contribution in [-0.4, -0.2) is 59.3 Å². The van der Waals surface area contributed by atoms with Crippen molar-refractivity contribution in [3.05, 3.63) is 65.9 Å². The Hall–Kier alpha value is -3.81. The van der Waals surface area contributed by atoms with Gasteiger partial charge in [-0.05, 0) is 86.4 Å². The molecule has 1 spiro atoms. The van der Waals surface area contributed by atoms with E-state index in [0.29, 0.717) is 25.3 Å². The number of piperidine rings is 1. The van der Waals surface area contributed by atoms with Crippen molar-refractivity contribution in [3.8, 4) is 22.8 Å². The number of aromatic nitrogens is 2. The van der Waals surface area contributed by atoms with E-state index in [9.17, 15) is 9.59 Å². The summed E-state index contributed by atoms with van der Waals surface area (Å²) in [5.41, 5.74) is 3.40. The van der Waals surface area contributed by atoms with Gasteiger partial charge in [-0.25, -0.2) is 0 Å². The topological polar surface area (TPSA) is 85.7 Å². The van der Waals surface area contributed by atoms with Gasteiger partial charge >= 0.3 is 0 Å². The van der Waals surface area contributed by atoms with Gasteiger partial charge in [0.25, 0.3) is 11.8 Å². The van der Waals surface area contributed by atoms with Crippen LogP contribution in [-0.2, 0) is 18.3 Å². The molecule has 2 aliphatic rings. The van der Waals surface area contributed by atoms with Gasteiger partial charge in [-0.3, -0.25) is 14.3 Å². The normalized spacial score (nSPS) is 19.7. The maximum atomic E-state index is 13.5. The highest BCUT2D eigenvalue weighted by molar-refractivity contribution is 5.93. The summed E-state index contributed by atoms with van der Waals surface area (Å²) in [6.07, 6.45) is 5.25. The molecule has 0 radical (unpaired) electrons. The Kier molecular flexibility index (Phi) is 7.91. The molecule has 0 unspecified atom stereocenters. The quantitative estimate of drug-likeness (QED) is 0.534. The van der Waals surface area contributed by atoms with E-state index in [1.807, 2.05) is 60.5 Å². The molecule has 1 atom stereocenters. The molecular formula is C31H38N4O4. The van der Waals surface area contributed by atoms with Crippen LogP contribution in [0.1, 0.15) is 55.1 Å². The van der Waals surface area contributed by atoms with Crippen LogP contribution in [0.4, 0.5) is 0 Å². The number of methoxy groups -OCH3 is 1. The largest absolute Gasteiger partial charge is 0.497 e. The number of likely N-dealkylation sites (tertiary alicyclic amines) is 1. The third kappa shape index (κ3) is 5.95. The van der Waals surface area contributed by atoms with Crippen LogP contribution in [0.25, 0.3) is 11.3 Å². The van der Waals surface area contributed by atoms with E-state index in [2.05, 4.69) is 16.5 Å². The highest BCUT2D eigenvalue weighted by atomic mass is 16.5. The molecule has 5 rings (SSSR count). The number of amides is 2. The first kappa shape index (κ1) is 26.8. The molecule has 2 aromatic carbocycles. The average Bonchev–Trinajstić information content (AvgIpc) is 3.35. The molecule has 0 saturated carbocycles. The summed E-state index contributed by atoms with van der Waals surface area (Å²) in [6, 6.07) is 17.5. The second-order valence-electron chi connectivity index (χ2n) is 10.9. The third-order valence-electron chi connectivity index (χ3n) is 8.28. The van der Waals surface area contributed by atoms with E-state index in [1.54, 1.807) is 18.7 Å². The van der Waals surface area contributed by atoms with E-state index in [4.69, 9.17) is 9.47 Å². The fraction of sp³-hybridized carbons (Fsp3) is 0.452. The Morgan fingerprint density at radius 2 is 1.82 bits per heavy atom. The van der Waals surface area contributed by atoms with Crippen molar-refractivity contribution in [1.29, 1.82) is 0 Å². The van der Waals surface area contributed by atoms with Crippen molar-refractivity contribution in [2.24, 2.45) is 12.5 Å². The van der Waals surface area contributed by atoms with Crippen LogP contribution >= 0.6 is 0 Å². The summed E-state index contributed by atoms with van der Waals surface area (Å²) in [5, 5.41) is 7.76. The van der Waals surface area contributed by atoms with Gasteiger partial charge in [0.05, 0.1) is 12.8 Å². The van der Waals surface area contributed by atoms with Crippen molar-refractivity contribution in [1.82, 2.24) is 20.0 Å². The number of nitrogens with one attached hydrogen (secondary N) is 1. The van der Waals surface area contributed by atoms with E-state index < -0.39 is 6.10 Å². The molecule has 8 nitrogen and oxygen atoms in total. The second-order valence-corrected chi connectivity index (χ2v) is 10.9. The summed E-state index contributed by atoms with van der Waals surface area (Å²) in [5.74, 6) is 1.48. The van der Waals surface area contributed by atoms with Crippen LogP contribution in [0.2, 0.25) is 0 Å².